The van der Waals surface area contributed by atoms with Crippen LogP contribution in [0.25, 0.3) is 10.8 Å². The summed E-state index contributed by atoms with van der Waals surface area (Å²) in [6.45, 7) is -12.4. The van der Waals surface area contributed by atoms with Crippen molar-refractivity contribution in [3.05, 3.63) is 78.1 Å². The van der Waals surface area contributed by atoms with Gasteiger partial charge in [-0.1, -0.05) is 66.5 Å². The van der Waals surface area contributed by atoms with Gasteiger partial charge in [-0.3, -0.25) is 0 Å². The molecule has 2 heteroatoms. The number of rotatable bonds is 6. The van der Waals surface area contributed by atoms with Gasteiger partial charge in [-0.25, -0.2) is 0 Å². The van der Waals surface area contributed by atoms with Crippen molar-refractivity contribution in [3.8, 4) is 5.75 Å². The molecule has 0 heterocycles. The molecule has 1 atom stereocenters. The van der Waals surface area contributed by atoms with Gasteiger partial charge in [0.1, 0.15) is 5.75 Å². The van der Waals surface area contributed by atoms with E-state index < -0.39 is 132 Å². The smallest absolute Gasteiger partial charge is 0.127 e. The minimum Gasteiger partial charge on any atom is -0.493 e. The lowest BCUT2D eigenvalue weighted by Crippen LogP contribution is -2.22. The van der Waals surface area contributed by atoms with E-state index in [0.717, 1.165) is 0 Å². The van der Waals surface area contributed by atoms with Crippen LogP contribution in [0.3, 0.4) is 0 Å². The van der Waals surface area contributed by atoms with Gasteiger partial charge < -0.3 is 9.64 Å². The topological polar surface area (TPSA) is 12.5 Å². The monoisotopic (exact) mass is 328 g/mol. The van der Waals surface area contributed by atoms with Crippen LogP contribution in [0.5, 0.6) is 5.75 Å². The third kappa shape index (κ3) is 3.72. The second-order valence-electron chi connectivity index (χ2n) is 3.97. The summed E-state index contributed by atoms with van der Waals surface area (Å²) in [5.41, 5.74) is -1.62. The molecule has 0 aromatic heterocycles. The van der Waals surface area contributed by atoms with Crippen LogP contribution in [0.4, 0.5) is 0 Å². The molecule has 23 heavy (non-hydrogen) atoms. The van der Waals surface area contributed by atoms with Gasteiger partial charge in [0.05, 0.1) is 27.1 Å². The van der Waals surface area contributed by atoms with E-state index in [1.165, 1.54) is 0 Å². The van der Waals surface area contributed by atoms with Gasteiger partial charge in [0.25, 0.3) is 0 Å². The van der Waals surface area contributed by atoms with Crippen molar-refractivity contribution >= 4 is 10.8 Å². The minimum absolute atomic E-state index is 0.757. The fourth-order valence-electron chi connectivity index (χ4n) is 1.59. The SMILES string of the molecule is [2H]c1c([2H])c([2H])c([C@@]([2H])(N(C([2H])([2H])[2H])C([2H])([2H])[2H])C([2H])([2H])C([2H])([2H])Oc2c([2H])c([2H])c([2H])c3c([2H])c([2H])c([2H])c([2H])c23)c([2H])c1[2H]. The predicted octanol–water partition coefficient (Wildman–Crippen LogP) is 4.91. The lowest BCUT2D eigenvalue weighted by molar-refractivity contribution is 0.225. The fourth-order valence-corrected chi connectivity index (χ4v) is 1.59. The molecule has 0 saturated heterocycles. The Kier molecular flexibility index (Phi) is 1.22. The summed E-state index contributed by atoms with van der Waals surface area (Å²) in [6, 6.07) is -17.9. The van der Waals surface area contributed by atoms with Crippen molar-refractivity contribution in [2.75, 3.05) is 20.5 Å². The van der Waals surface area contributed by atoms with Gasteiger partial charge in [-0.05, 0) is 30.9 Å². The van der Waals surface area contributed by atoms with Crippen LogP contribution < -0.4 is 4.74 Å². The van der Waals surface area contributed by atoms with Crippen molar-refractivity contribution in [2.24, 2.45) is 0 Å². The van der Waals surface area contributed by atoms with E-state index in [1.807, 2.05) is 0 Å². The van der Waals surface area contributed by atoms with Crippen molar-refractivity contribution in [1.82, 2.24) is 4.90 Å². The highest BCUT2D eigenvalue weighted by Crippen LogP contribution is 2.27. The Hall–Kier alpha value is -2.32. The summed E-state index contributed by atoms with van der Waals surface area (Å²) < 4.78 is 194. The molecule has 0 amide bonds. The molecule has 0 spiro atoms. The van der Waals surface area contributed by atoms with Crippen LogP contribution in [0.2, 0.25) is 0 Å². The van der Waals surface area contributed by atoms with E-state index in [1.54, 1.807) is 0 Å². The summed E-state index contributed by atoms with van der Waals surface area (Å²) in [7, 11) is 0. The highest BCUT2D eigenvalue weighted by Gasteiger charge is 2.14. The first-order valence-corrected chi connectivity index (χ1v) is 6.08. The summed E-state index contributed by atoms with van der Waals surface area (Å²) in [5.74, 6) is -1.28. The molecule has 0 bridgehead atoms. The van der Waals surface area contributed by atoms with Gasteiger partial charge in [0.2, 0.25) is 0 Å². The Labute approximate surface area is 170 Å². The lowest BCUT2D eigenvalue weighted by atomic mass is 10.0. The van der Waals surface area contributed by atoms with Crippen molar-refractivity contribution < 1.29 is 36.3 Å². The Morgan fingerprint density at radius 1 is 1.04 bits per heavy atom. The van der Waals surface area contributed by atoms with Gasteiger partial charge in [-0.2, -0.15) is 0 Å². The summed E-state index contributed by atoms with van der Waals surface area (Å²) >= 11 is 0. The average Bonchev–Trinajstić information content (AvgIpc) is 2.91. The number of benzene rings is 3. The molecular formula is C21H23NO. The zero-order valence-electron chi connectivity index (χ0n) is 34.4. The van der Waals surface area contributed by atoms with Crippen LogP contribution in [-0.2, 0) is 0 Å². The lowest BCUT2D eigenvalue weighted by Gasteiger charge is -2.25. The molecule has 0 aliphatic carbocycles. The second-order valence-corrected chi connectivity index (χ2v) is 3.97. The van der Waals surface area contributed by atoms with Crippen LogP contribution >= 0.6 is 0 Å². The summed E-state index contributed by atoms with van der Waals surface area (Å²) in [5, 5.41) is -1.65. The number of fused-ring (bicyclic) bond motifs is 1. The zero-order chi connectivity index (χ0) is 36.0. The molecule has 3 aromatic rings. The quantitative estimate of drug-likeness (QED) is 0.637. The molecule has 0 aliphatic rings. The standard InChI is InChI=1S/C21H23NO/c1-22(2)20(18-10-4-3-5-11-18)15-16-23-21-14-8-12-17-9-6-7-13-19(17)21/h3-14,20H,15-16H2,1-2H3/t20-/m0/s1/i1D3,2D3,3D,4D,5D,6D,7D,8D,9D,10D,11D,12D,13D,14D,15D2,16D2,20D. The van der Waals surface area contributed by atoms with E-state index in [4.69, 9.17) is 36.3 Å². The van der Waals surface area contributed by atoms with E-state index in [9.17, 15) is 0 Å². The first-order chi connectivity index (χ1) is 20.5. The number of hydrogen-bond acceptors (Lipinski definition) is 2. The Balaban J connectivity index is 2.57. The third-order valence-corrected chi connectivity index (χ3v) is 2.56. The molecule has 0 N–H and O–H groups in total. The van der Waals surface area contributed by atoms with Crippen LogP contribution in [0.15, 0.2) is 72.5 Å². The second kappa shape index (κ2) is 7.30. The van der Waals surface area contributed by atoms with Gasteiger partial charge in [-0.15, -0.1) is 0 Å². The maximum atomic E-state index is 9.14. The molecule has 0 fully saturated rings. The zero-order valence-corrected chi connectivity index (χ0v) is 11.4. The summed E-state index contributed by atoms with van der Waals surface area (Å²) in [4.78, 5) is -0.850. The Morgan fingerprint density at radius 3 is 2.61 bits per heavy atom. The summed E-state index contributed by atoms with van der Waals surface area (Å²) in [6.07, 6.45) is -4.44. The molecule has 3 rings (SSSR count). The average molecular weight is 329 g/mol. The maximum Gasteiger partial charge on any atom is 0.127 e. The first kappa shape index (κ1) is 3.84. The minimum atomic E-state index is -4.44. The van der Waals surface area contributed by atoms with E-state index in [-0.39, 0.29) is 0 Å². The van der Waals surface area contributed by atoms with Gasteiger partial charge in [0, 0.05) is 28.7 Å². The molecule has 118 valence electrons. The molecule has 2 nitrogen and oxygen atoms in total. The first-order valence-electron chi connectivity index (χ1n) is 17.6. The van der Waals surface area contributed by atoms with Crippen LogP contribution in [0, 0.1) is 0 Å². The highest BCUT2D eigenvalue weighted by molar-refractivity contribution is 5.88. The molecule has 3 aromatic carbocycles. The predicted molar refractivity (Wildman–Crippen MR) is 96.9 cm³/mol. The Morgan fingerprint density at radius 2 is 1.78 bits per heavy atom. The van der Waals surface area contributed by atoms with E-state index in [2.05, 4.69) is 0 Å². The highest BCUT2D eigenvalue weighted by atomic mass is 16.5. The fraction of sp³-hybridized carbons (Fsp3) is 0.238. The third-order valence-electron chi connectivity index (χ3n) is 2.56. The van der Waals surface area contributed by atoms with Gasteiger partial charge >= 0.3 is 0 Å². The molecule has 0 radical (unpaired) electrons. The maximum absolute atomic E-state index is 9.14. The molecular weight excluding hydrogens is 282 g/mol. The van der Waals surface area contributed by atoms with Crippen LogP contribution in [0.1, 0.15) is 49.5 Å². The molecule has 0 unspecified atom stereocenters. The van der Waals surface area contributed by atoms with Crippen molar-refractivity contribution in [1.29, 1.82) is 0 Å². The molecule has 0 saturated carbocycles. The largest absolute Gasteiger partial charge is 0.493 e. The number of hydrogen-bond donors (Lipinski definition) is 0. The van der Waals surface area contributed by atoms with E-state index in [0.29, 0.717) is 0 Å². The van der Waals surface area contributed by atoms with E-state index >= 15 is 0 Å². The Bertz CT molecular complexity index is 1690. The van der Waals surface area contributed by atoms with Crippen molar-refractivity contribution in [2.45, 2.75) is 12.4 Å². The van der Waals surface area contributed by atoms with Gasteiger partial charge in [0.15, 0.2) is 0 Å². The number of ether oxygens (including phenoxy) is 1. The van der Waals surface area contributed by atoms with Crippen molar-refractivity contribution in [3.63, 3.8) is 0 Å². The normalized spacial score (nSPS) is 30.6. The van der Waals surface area contributed by atoms with Crippen LogP contribution in [-0.4, -0.2) is 25.4 Å². The number of nitrogens with zero attached hydrogens (tertiary/aromatic N) is 1. The molecule has 0 aliphatic heterocycles.